The maximum absolute atomic E-state index is 11.9. The Bertz CT molecular complexity index is 501. The molecule has 1 aromatic rings. The first-order valence-corrected chi connectivity index (χ1v) is 8.92. The summed E-state index contributed by atoms with van der Waals surface area (Å²) in [5.41, 5.74) is 8.30. The van der Waals surface area contributed by atoms with Crippen LogP contribution in [0.25, 0.3) is 0 Å². The summed E-state index contributed by atoms with van der Waals surface area (Å²) in [6.45, 7) is 8.31. The molecule has 0 saturated carbocycles. The summed E-state index contributed by atoms with van der Waals surface area (Å²) in [7, 11) is 0. The molecule has 0 radical (unpaired) electrons. The summed E-state index contributed by atoms with van der Waals surface area (Å²) in [5.74, 6) is 0.808. The molecule has 0 spiro atoms. The topological polar surface area (TPSA) is 58.4 Å². The number of likely N-dealkylation sites (tertiary alicyclic amines) is 1. The first-order valence-electron chi connectivity index (χ1n) is 8.92. The van der Waals surface area contributed by atoms with Crippen LogP contribution in [0.1, 0.15) is 50.7 Å². The molecule has 0 aliphatic carbocycles. The van der Waals surface area contributed by atoms with Crippen molar-refractivity contribution in [2.45, 2.75) is 58.7 Å². The fourth-order valence-electron chi connectivity index (χ4n) is 3.08. The van der Waals surface area contributed by atoms with Gasteiger partial charge in [0.1, 0.15) is 0 Å². The van der Waals surface area contributed by atoms with Gasteiger partial charge in [-0.05, 0) is 49.4 Å². The minimum absolute atomic E-state index is 0. The predicted molar refractivity (Wildman–Crippen MR) is 102 cm³/mol. The van der Waals surface area contributed by atoms with Gasteiger partial charge in [-0.1, -0.05) is 44.5 Å². The summed E-state index contributed by atoms with van der Waals surface area (Å²) in [4.78, 5) is 14.4. The molecule has 1 aromatic carbocycles. The van der Waals surface area contributed by atoms with Crippen LogP contribution in [0.4, 0.5) is 0 Å². The summed E-state index contributed by atoms with van der Waals surface area (Å²) < 4.78 is 0. The lowest BCUT2D eigenvalue weighted by Gasteiger charge is -2.30. The number of halogens is 1. The van der Waals surface area contributed by atoms with Crippen LogP contribution in [0, 0.1) is 5.92 Å². The highest BCUT2D eigenvalue weighted by Gasteiger charge is 2.16. The van der Waals surface area contributed by atoms with E-state index in [0.29, 0.717) is 6.54 Å². The zero-order valence-electron chi connectivity index (χ0n) is 15.0. The molecule has 5 heteroatoms. The van der Waals surface area contributed by atoms with E-state index >= 15 is 0 Å². The van der Waals surface area contributed by atoms with Crippen LogP contribution in [0.2, 0.25) is 0 Å². The fraction of sp³-hybridized carbons (Fsp3) is 0.632. The van der Waals surface area contributed by atoms with Crippen molar-refractivity contribution in [1.82, 2.24) is 10.2 Å². The second kappa shape index (κ2) is 10.7. The number of benzene rings is 1. The molecule has 0 bridgehead atoms. The number of nitrogens with one attached hydrogen (secondary N) is 1. The minimum atomic E-state index is -0.390. The number of hydrogen-bond acceptors (Lipinski definition) is 3. The van der Waals surface area contributed by atoms with E-state index in [-0.39, 0.29) is 18.3 Å². The minimum Gasteiger partial charge on any atom is -0.351 e. The second-order valence-corrected chi connectivity index (χ2v) is 6.89. The molecule has 2 rings (SSSR count). The van der Waals surface area contributed by atoms with E-state index in [1.165, 1.54) is 31.5 Å². The van der Waals surface area contributed by atoms with Crippen LogP contribution in [0.5, 0.6) is 0 Å². The summed E-state index contributed by atoms with van der Waals surface area (Å²) in [6, 6.07) is 8.12. The Kier molecular flexibility index (Phi) is 9.34. The van der Waals surface area contributed by atoms with Gasteiger partial charge in [-0.25, -0.2) is 0 Å². The molecule has 1 amide bonds. The molecule has 4 nitrogen and oxygen atoms in total. The Hall–Kier alpha value is -1.10. The smallest absolute Gasteiger partial charge is 0.237 e. The molecule has 1 unspecified atom stereocenters. The van der Waals surface area contributed by atoms with Crippen molar-refractivity contribution in [3.8, 4) is 0 Å². The van der Waals surface area contributed by atoms with Crippen molar-refractivity contribution >= 4 is 18.3 Å². The summed E-state index contributed by atoms with van der Waals surface area (Å²) in [6.07, 6.45) is 4.26. The quantitative estimate of drug-likeness (QED) is 0.792. The van der Waals surface area contributed by atoms with Gasteiger partial charge < -0.3 is 11.1 Å². The number of carbonyl (C=O) groups excluding carboxylic acids is 1. The molecule has 0 aromatic heterocycles. The molecule has 1 heterocycles. The molecular formula is C19H32ClN3O. The molecule has 1 atom stereocenters. The van der Waals surface area contributed by atoms with Crippen LogP contribution >= 0.6 is 12.4 Å². The van der Waals surface area contributed by atoms with Gasteiger partial charge in [0, 0.05) is 13.1 Å². The van der Waals surface area contributed by atoms with E-state index in [0.717, 1.165) is 30.9 Å². The largest absolute Gasteiger partial charge is 0.351 e. The van der Waals surface area contributed by atoms with Crippen molar-refractivity contribution in [3.05, 3.63) is 35.4 Å². The first kappa shape index (κ1) is 20.9. The monoisotopic (exact) mass is 353 g/mol. The molecule has 1 fully saturated rings. The maximum Gasteiger partial charge on any atom is 0.237 e. The molecule has 24 heavy (non-hydrogen) atoms. The number of nitrogens with zero attached hydrogens (tertiary/aromatic N) is 1. The van der Waals surface area contributed by atoms with Crippen molar-refractivity contribution in [2.24, 2.45) is 11.7 Å². The molecular weight excluding hydrogens is 322 g/mol. The third-order valence-corrected chi connectivity index (χ3v) is 4.68. The van der Waals surface area contributed by atoms with E-state index in [1.807, 2.05) is 6.92 Å². The van der Waals surface area contributed by atoms with Crippen molar-refractivity contribution in [2.75, 3.05) is 13.1 Å². The lowest BCUT2D eigenvalue weighted by Crippen LogP contribution is -2.40. The third kappa shape index (κ3) is 6.80. The second-order valence-electron chi connectivity index (χ2n) is 6.89. The van der Waals surface area contributed by atoms with Gasteiger partial charge in [0.25, 0.3) is 0 Å². The van der Waals surface area contributed by atoms with Crippen LogP contribution in [-0.4, -0.2) is 29.9 Å². The number of carbonyl (C=O) groups is 1. The van der Waals surface area contributed by atoms with Gasteiger partial charge in [-0.15, -0.1) is 12.4 Å². The average molecular weight is 354 g/mol. The highest BCUT2D eigenvalue weighted by atomic mass is 35.5. The third-order valence-electron chi connectivity index (χ3n) is 4.68. The maximum atomic E-state index is 11.9. The standard InChI is InChI=1S/C19H31N3O.ClH/c1-3-5-18(20)19(23)21-13-16-6-4-7-17(12-16)14-22-10-8-15(2)9-11-22;/h4,6-7,12,15,18H,3,5,8-11,13-14,20H2,1-2H3,(H,21,23);1H. The van der Waals surface area contributed by atoms with Crippen LogP contribution in [0.15, 0.2) is 24.3 Å². The zero-order valence-corrected chi connectivity index (χ0v) is 15.8. The Morgan fingerprint density at radius 1 is 1.33 bits per heavy atom. The van der Waals surface area contributed by atoms with Crippen LogP contribution in [-0.2, 0) is 17.9 Å². The average Bonchev–Trinajstić information content (AvgIpc) is 2.55. The van der Waals surface area contributed by atoms with Crippen LogP contribution < -0.4 is 11.1 Å². The lowest BCUT2D eigenvalue weighted by atomic mass is 9.98. The number of nitrogens with two attached hydrogens (primary N) is 1. The van der Waals surface area contributed by atoms with Gasteiger partial charge in [0.05, 0.1) is 6.04 Å². The summed E-state index contributed by atoms with van der Waals surface area (Å²) >= 11 is 0. The number of rotatable bonds is 7. The molecule has 1 aliphatic heterocycles. The molecule has 3 N–H and O–H groups in total. The van der Waals surface area contributed by atoms with Gasteiger partial charge in [-0.2, -0.15) is 0 Å². The summed E-state index contributed by atoms with van der Waals surface area (Å²) in [5, 5.41) is 2.94. The van der Waals surface area contributed by atoms with Gasteiger partial charge in [0.2, 0.25) is 5.91 Å². The highest BCUT2D eigenvalue weighted by Crippen LogP contribution is 2.18. The van der Waals surface area contributed by atoms with Crippen molar-refractivity contribution < 1.29 is 4.79 Å². The SMILES string of the molecule is CCCC(N)C(=O)NCc1cccc(CN2CCC(C)CC2)c1.Cl. The normalized spacial score (nSPS) is 17.1. The Morgan fingerprint density at radius 2 is 2.00 bits per heavy atom. The van der Waals surface area contributed by atoms with E-state index in [2.05, 4.69) is 41.4 Å². The van der Waals surface area contributed by atoms with Gasteiger partial charge in [0.15, 0.2) is 0 Å². The molecule has 1 saturated heterocycles. The number of piperidine rings is 1. The van der Waals surface area contributed by atoms with E-state index in [1.54, 1.807) is 0 Å². The lowest BCUT2D eigenvalue weighted by molar-refractivity contribution is -0.122. The number of hydrogen-bond donors (Lipinski definition) is 2. The van der Waals surface area contributed by atoms with Crippen molar-refractivity contribution in [1.29, 1.82) is 0 Å². The predicted octanol–water partition coefficient (Wildman–Crippen LogP) is 3.08. The Labute approximate surface area is 152 Å². The highest BCUT2D eigenvalue weighted by molar-refractivity contribution is 5.85. The first-order chi connectivity index (χ1) is 11.1. The van der Waals surface area contributed by atoms with Crippen molar-refractivity contribution in [3.63, 3.8) is 0 Å². The zero-order chi connectivity index (χ0) is 16.7. The van der Waals surface area contributed by atoms with Crippen LogP contribution in [0.3, 0.4) is 0 Å². The Balaban J connectivity index is 0.00000288. The number of amides is 1. The van der Waals surface area contributed by atoms with E-state index in [9.17, 15) is 4.79 Å². The van der Waals surface area contributed by atoms with Gasteiger partial charge in [-0.3, -0.25) is 9.69 Å². The molecule has 1 aliphatic rings. The van der Waals surface area contributed by atoms with E-state index < -0.39 is 6.04 Å². The van der Waals surface area contributed by atoms with E-state index in [4.69, 9.17) is 5.73 Å². The Morgan fingerprint density at radius 3 is 2.67 bits per heavy atom. The van der Waals surface area contributed by atoms with Gasteiger partial charge >= 0.3 is 0 Å². The fourth-order valence-corrected chi connectivity index (χ4v) is 3.08. The molecule has 136 valence electrons.